The Morgan fingerprint density at radius 2 is 2.07 bits per heavy atom. The van der Waals surface area contributed by atoms with Crippen molar-refractivity contribution in [1.82, 2.24) is 19.7 Å². The highest BCUT2D eigenvalue weighted by molar-refractivity contribution is 6.06. The van der Waals surface area contributed by atoms with Crippen LogP contribution in [0.4, 0.5) is 0 Å². The highest BCUT2D eigenvalue weighted by Gasteiger charge is 2.18. The lowest BCUT2D eigenvalue weighted by Gasteiger charge is -2.21. The smallest absolute Gasteiger partial charge is 0.291 e. The van der Waals surface area contributed by atoms with Crippen molar-refractivity contribution in [2.75, 3.05) is 6.54 Å². The first-order chi connectivity index (χ1) is 13.7. The number of unbranched alkanes of at least 4 members (excludes halogenated alkanes) is 1. The molecule has 0 atom stereocenters. The van der Waals surface area contributed by atoms with Gasteiger partial charge in [0.1, 0.15) is 17.8 Å². The van der Waals surface area contributed by atoms with E-state index >= 15 is 0 Å². The van der Waals surface area contributed by atoms with Gasteiger partial charge in [0, 0.05) is 22.8 Å². The zero-order chi connectivity index (χ0) is 19.5. The number of hydrogen-bond acceptors (Lipinski definition) is 4. The number of nitrogens with zero attached hydrogens (tertiary/aromatic N) is 3. The SMILES string of the molecule is CCCCN(Cc1ccco1)C(=O)Cn1ncc2c([nH]c3ccccc32)c1=O. The number of aromatic nitrogens is 3. The molecule has 0 aliphatic carbocycles. The van der Waals surface area contributed by atoms with Gasteiger partial charge in [-0.25, -0.2) is 4.68 Å². The van der Waals surface area contributed by atoms with Crippen LogP contribution >= 0.6 is 0 Å². The third kappa shape index (κ3) is 3.43. The van der Waals surface area contributed by atoms with Crippen molar-refractivity contribution in [2.24, 2.45) is 0 Å². The summed E-state index contributed by atoms with van der Waals surface area (Å²) in [6.45, 7) is 2.97. The maximum atomic E-state index is 12.9. The normalized spacial score (nSPS) is 11.3. The van der Waals surface area contributed by atoms with Crippen LogP contribution in [0.2, 0.25) is 0 Å². The summed E-state index contributed by atoms with van der Waals surface area (Å²) in [5.41, 5.74) is 1.05. The van der Waals surface area contributed by atoms with E-state index in [1.165, 1.54) is 4.68 Å². The average molecular weight is 378 g/mol. The number of fused-ring (bicyclic) bond motifs is 3. The van der Waals surface area contributed by atoms with Gasteiger partial charge in [-0.1, -0.05) is 31.5 Å². The number of H-pyrrole nitrogens is 1. The Hall–Kier alpha value is -3.35. The molecular formula is C21H22N4O3. The Morgan fingerprint density at radius 3 is 2.86 bits per heavy atom. The molecule has 0 aliphatic rings. The number of nitrogens with one attached hydrogen (secondary N) is 1. The second-order valence-electron chi connectivity index (χ2n) is 6.81. The van der Waals surface area contributed by atoms with Crippen molar-refractivity contribution < 1.29 is 9.21 Å². The molecule has 4 rings (SSSR count). The average Bonchev–Trinajstić information content (AvgIpc) is 3.35. The number of carbonyl (C=O) groups excluding carboxylic acids is 1. The second-order valence-corrected chi connectivity index (χ2v) is 6.81. The summed E-state index contributed by atoms with van der Waals surface area (Å²) >= 11 is 0. The summed E-state index contributed by atoms with van der Waals surface area (Å²) in [7, 11) is 0. The molecule has 7 heteroatoms. The van der Waals surface area contributed by atoms with E-state index in [2.05, 4.69) is 17.0 Å². The van der Waals surface area contributed by atoms with Gasteiger partial charge in [0.2, 0.25) is 5.91 Å². The van der Waals surface area contributed by atoms with Crippen LogP contribution in [-0.2, 0) is 17.9 Å². The van der Waals surface area contributed by atoms with Gasteiger partial charge in [-0.15, -0.1) is 0 Å². The van der Waals surface area contributed by atoms with Crippen LogP contribution in [0.25, 0.3) is 21.8 Å². The lowest BCUT2D eigenvalue weighted by Crippen LogP contribution is -2.37. The minimum atomic E-state index is -0.296. The lowest BCUT2D eigenvalue weighted by atomic mass is 10.2. The minimum absolute atomic E-state index is 0.103. The molecule has 144 valence electrons. The summed E-state index contributed by atoms with van der Waals surface area (Å²) in [6.07, 6.45) is 5.09. The van der Waals surface area contributed by atoms with E-state index in [1.807, 2.05) is 30.3 Å². The number of aromatic amines is 1. The van der Waals surface area contributed by atoms with Crippen LogP contribution in [0, 0.1) is 0 Å². The largest absolute Gasteiger partial charge is 0.467 e. The number of benzene rings is 1. The molecule has 0 saturated carbocycles. The first-order valence-corrected chi connectivity index (χ1v) is 9.44. The quantitative estimate of drug-likeness (QED) is 0.535. The molecule has 0 radical (unpaired) electrons. The van der Waals surface area contributed by atoms with Crippen LogP contribution in [-0.4, -0.2) is 32.1 Å². The molecule has 0 spiro atoms. The summed E-state index contributed by atoms with van der Waals surface area (Å²) in [6, 6.07) is 11.3. The molecule has 4 aromatic rings. The second kappa shape index (κ2) is 7.72. The van der Waals surface area contributed by atoms with Gasteiger partial charge >= 0.3 is 0 Å². The van der Waals surface area contributed by atoms with E-state index < -0.39 is 0 Å². The fraction of sp³-hybridized carbons (Fsp3) is 0.286. The summed E-state index contributed by atoms with van der Waals surface area (Å²) < 4.78 is 6.60. The zero-order valence-corrected chi connectivity index (χ0v) is 15.7. The van der Waals surface area contributed by atoms with Crippen LogP contribution in [0.1, 0.15) is 25.5 Å². The first kappa shape index (κ1) is 18.0. The van der Waals surface area contributed by atoms with Gasteiger partial charge in [0.25, 0.3) is 5.56 Å². The molecule has 0 bridgehead atoms. The van der Waals surface area contributed by atoms with E-state index in [-0.39, 0.29) is 18.0 Å². The molecule has 0 saturated heterocycles. The van der Waals surface area contributed by atoms with Crippen molar-refractivity contribution in [2.45, 2.75) is 32.9 Å². The third-order valence-corrected chi connectivity index (χ3v) is 4.87. The number of furan rings is 1. The number of hydrogen-bond donors (Lipinski definition) is 1. The molecule has 1 N–H and O–H groups in total. The first-order valence-electron chi connectivity index (χ1n) is 9.44. The van der Waals surface area contributed by atoms with Gasteiger partial charge in [-0.3, -0.25) is 9.59 Å². The topological polar surface area (TPSA) is 84.1 Å². The van der Waals surface area contributed by atoms with Crippen molar-refractivity contribution >= 4 is 27.7 Å². The van der Waals surface area contributed by atoms with Crippen LogP contribution in [0.5, 0.6) is 0 Å². The number of carbonyl (C=O) groups is 1. The Balaban J connectivity index is 1.61. The van der Waals surface area contributed by atoms with Crippen molar-refractivity contribution in [3.63, 3.8) is 0 Å². The Morgan fingerprint density at radius 1 is 1.21 bits per heavy atom. The van der Waals surface area contributed by atoms with Crippen molar-refractivity contribution in [3.8, 4) is 0 Å². The van der Waals surface area contributed by atoms with Gasteiger partial charge in [-0.2, -0.15) is 5.10 Å². The molecule has 0 aliphatic heterocycles. The summed E-state index contributed by atoms with van der Waals surface area (Å²) in [5.74, 6) is 0.561. The van der Waals surface area contributed by atoms with Gasteiger partial charge in [0.15, 0.2) is 0 Å². The van der Waals surface area contributed by atoms with E-state index in [1.54, 1.807) is 23.4 Å². The molecule has 1 amide bonds. The molecule has 3 heterocycles. The van der Waals surface area contributed by atoms with E-state index in [9.17, 15) is 9.59 Å². The predicted octanol–water partition coefficient (Wildman–Crippen LogP) is 3.30. The van der Waals surface area contributed by atoms with E-state index in [4.69, 9.17) is 4.42 Å². The Bertz CT molecular complexity index is 1160. The van der Waals surface area contributed by atoms with Crippen LogP contribution in [0.15, 0.2) is 58.1 Å². The number of rotatable bonds is 7. The zero-order valence-electron chi connectivity index (χ0n) is 15.7. The minimum Gasteiger partial charge on any atom is -0.467 e. The highest BCUT2D eigenvalue weighted by Crippen LogP contribution is 2.21. The standard InChI is InChI=1S/C21H22N4O3/c1-2-3-10-24(13-15-7-6-11-28-15)19(26)14-25-21(27)20-17(12-22-25)16-8-4-5-9-18(16)23-20/h4-9,11-12,23H,2-3,10,13-14H2,1H3. The van der Waals surface area contributed by atoms with Crippen molar-refractivity contribution in [3.05, 3.63) is 65.0 Å². The lowest BCUT2D eigenvalue weighted by molar-refractivity contribution is -0.133. The fourth-order valence-corrected chi connectivity index (χ4v) is 3.35. The number of para-hydroxylation sites is 1. The van der Waals surface area contributed by atoms with Gasteiger partial charge < -0.3 is 14.3 Å². The van der Waals surface area contributed by atoms with Crippen molar-refractivity contribution in [1.29, 1.82) is 0 Å². The van der Waals surface area contributed by atoms with Crippen LogP contribution < -0.4 is 5.56 Å². The molecular weight excluding hydrogens is 356 g/mol. The third-order valence-electron chi connectivity index (χ3n) is 4.87. The Labute approximate surface area is 161 Å². The monoisotopic (exact) mass is 378 g/mol. The number of amides is 1. The highest BCUT2D eigenvalue weighted by atomic mass is 16.3. The van der Waals surface area contributed by atoms with Gasteiger partial charge in [0.05, 0.1) is 19.0 Å². The van der Waals surface area contributed by atoms with E-state index in [0.29, 0.717) is 18.6 Å². The predicted molar refractivity (Wildman–Crippen MR) is 107 cm³/mol. The molecule has 28 heavy (non-hydrogen) atoms. The molecule has 3 aromatic heterocycles. The molecule has 1 aromatic carbocycles. The Kier molecular flexibility index (Phi) is 4.97. The summed E-state index contributed by atoms with van der Waals surface area (Å²) in [4.78, 5) is 30.6. The van der Waals surface area contributed by atoms with Gasteiger partial charge in [-0.05, 0) is 24.6 Å². The van der Waals surface area contributed by atoms with Crippen LogP contribution in [0.3, 0.4) is 0 Å². The maximum absolute atomic E-state index is 12.9. The molecule has 0 fully saturated rings. The summed E-state index contributed by atoms with van der Waals surface area (Å²) in [5, 5.41) is 5.96. The van der Waals surface area contributed by atoms with E-state index in [0.717, 1.165) is 34.9 Å². The maximum Gasteiger partial charge on any atom is 0.291 e. The fourth-order valence-electron chi connectivity index (χ4n) is 3.35. The molecule has 0 unspecified atom stereocenters. The molecule has 7 nitrogen and oxygen atoms in total.